The Bertz CT molecular complexity index is 1640. The van der Waals surface area contributed by atoms with Crippen molar-refractivity contribution in [1.82, 2.24) is 13.6 Å². The highest BCUT2D eigenvalue weighted by Crippen LogP contribution is 2.42. The van der Waals surface area contributed by atoms with Crippen LogP contribution in [0.1, 0.15) is 22.7 Å². The smallest absolute Gasteiger partial charge is 0.238 e. The van der Waals surface area contributed by atoms with Gasteiger partial charge in [-0.25, -0.2) is 0 Å². The minimum absolute atomic E-state index is 0.0371. The predicted molar refractivity (Wildman–Crippen MR) is 154 cm³/mol. The Balaban J connectivity index is 1.06. The highest BCUT2D eigenvalue weighted by molar-refractivity contribution is 7.14. The van der Waals surface area contributed by atoms with Gasteiger partial charge in [0.15, 0.2) is 0 Å². The molecule has 0 spiro atoms. The number of anilines is 2. The van der Waals surface area contributed by atoms with Crippen LogP contribution >= 0.6 is 34.7 Å². The van der Waals surface area contributed by atoms with E-state index in [-0.39, 0.29) is 5.91 Å². The number of rotatable bonds is 5. The summed E-state index contributed by atoms with van der Waals surface area (Å²) in [6, 6.07) is 20.6. The molecule has 7 rings (SSSR count). The lowest BCUT2D eigenvalue weighted by Crippen LogP contribution is -2.47. The zero-order valence-corrected chi connectivity index (χ0v) is 22.4. The molecule has 2 aliphatic rings. The van der Waals surface area contributed by atoms with E-state index in [0.29, 0.717) is 5.02 Å². The number of halogens is 1. The average Bonchev–Trinajstić information content (AvgIpc) is 3.62. The fourth-order valence-corrected chi connectivity index (χ4v) is 7.33. The summed E-state index contributed by atoms with van der Waals surface area (Å²) in [5.74, 6) is 0.670. The summed E-state index contributed by atoms with van der Waals surface area (Å²) < 4.78 is 11.7. The number of piperazine rings is 1. The molecule has 0 saturated carbocycles. The Morgan fingerprint density at radius 3 is 2.43 bits per heavy atom. The first kappa shape index (κ1) is 23.1. The second-order valence-electron chi connectivity index (χ2n) is 9.60. The lowest BCUT2D eigenvalue weighted by atomic mass is 9.93. The number of carbonyl (C=O) groups is 1. The second kappa shape index (κ2) is 9.36. The number of hydrogen-bond acceptors (Lipinski definition) is 7. The van der Waals surface area contributed by atoms with Gasteiger partial charge in [-0.3, -0.25) is 9.69 Å². The molecule has 0 bridgehead atoms. The largest absolute Gasteiger partial charge is 0.353 e. The van der Waals surface area contributed by atoms with Crippen LogP contribution in [0, 0.1) is 0 Å². The van der Waals surface area contributed by atoms with Gasteiger partial charge in [-0.2, -0.15) is 8.75 Å². The van der Waals surface area contributed by atoms with Crippen molar-refractivity contribution in [2.24, 2.45) is 0 Å². The molecule has 2 aliphatic heterocycles. The Morgan fingerprint density at radius 1 is 0.919 bits per heavy atom. The van der Waals surface area contributed by atoms with Gasteiger partial charge in [0, 0.05) is 54.2 Å². The molecule has 1 saturated heterocycles. The number of nitrogens with one attached hydrogen (secondary N) is 1. The number of nitrogens with zero attached hydrogens (tertiary/aromatic N) is 4. The molecule has 9 heteroatoms. The van der Waals surface area contributed by atoms with Crippen LogP contribution in [-0.4, -0.2) is 52.3 Å². The number of carbonyl (C=O) groups excluding carboxylic acids is 1. The second-order valence-corrected chi connectivity index (χ2v) is 11.6. The first-order valence-electron chi connectivity index (χ1n) is 12.4. The SMILES string of the molecule is O=C1Nc2cc(Cl)c(CCN3CCN(c4nsc5ccccc45)CC3)cc2C1c1nsc2ccccc12. The van der Waals surface area contributed by atoms with Gasteiger partial charge in [-0.15, -0.1) is 0 Å². The van der Waals surface area contributed by atoms with Crippen molar-refractivity contribution in [1.29, 1.82) is 0 Å². The summed E-state index contributed by atoms with van der Waals surface area (Å²) in [6.45, 7) is 4.83. The minimum Gasteiger partial charge on any atom is -0.353 e. The third kappa shape index (κ3) is 4.08. The summed E-state index contributed by atoms with van der Waals surface area (Å²) in [6.07, 6.45) is 0.838. The van der Waals surface area contributed by atoms with Crippen molar-refractivity contribution >= 4 is 72.3 Å². The van der Waals surface area contributed by atoms with Gasteiger partial charge in [-0.05, 0) is 64.9 Å². The van der Waals surface area contributed by atoms with E-state index >= 15 is 0 Å². The van der Waals surface area contributed by atoms with E-state index in [4.69, 9.17) is 16.0 Å². The van der Waals surface area contributed by atoms with Crippen LogP contribution in [0.3, 0.4) is 0 Å². The molecule has 1 unspecified atom stereocenters. The number of benzene rings is 3. The number of hydrogen-bond donors (Lipinski definition) is 1. The van der Waals surface area contributed by atoms with Gasteiger partial charge in [0.1, 0.15) is 11.7 Å². The first-order chi connectivity index (χ1) is 18.2. The summed E-state index contributed by atoms with van der Waals surface area (Å²) in [4.78, 5) is 17.9. The minimum atomic E-state index is -0.404. The standard InChI is InChI=1S/C28H24ClN5OS2/c29-21-16-22-20(25(28(35)30-22)26-18-5-1-3-7-23(18)36-31-26)15-17(21)9-10-33-11-13-34(14-12-33)27-19-6-2-4-8-24(19)37-32-27/h1-8,15-16,25H,9-14H2,(H,30,35). The summed E-state index contributed by atoms with van der Waals surface area (Å²) in [5.41, 5.74) is 3.68. The number of fused-ring (bicyclic) bond motifs is 3. The molecule has 37 heavy (non-hydrogen) atoms. The molecule has 5 aromatic rings. The van der Waals surface area contributed by atoms with Crippen LogP contribution in [0.5, 0.6) is 0 Å². The molecule has 4 heterocycles. The summed E-state index contributed by atoms with van der Waals surface area (Å²) in [7, 11) is 0. The monoisotopic (exact) mass is 545 g/mol. The molecule has 0 radical (unpaired) electrons. The van der Waals surface area contributed by atoms with Crippen LogP contribution in [0.25, 0.3) is 20.2 Å². The Morgan fingerprint density at radius 2 is 1.62 bits per heavy atom. The van der Waals surface area contributed by atoms with Crippen LogP contribution in [0.15, 0.2) is 60.7 Å². The first-order valence-corrected chi connectivity index (χ1v) is 14.4. The maximum absolute atomic E-state index is 13.0. The van der Waals surface area contributed by atoms with Crippen LogP contribution in [0.4, 0.5) is 11.5 Å². The van der Waals surface area contributed by atoms with Crippen molar-refractivity contribution in [2.75, 3.05) is 42.9 Å². The predicted octanol–water partition coefficient (Wildman–Crippen LogP) is 6.01. The fraction of sp³-hybridized carbons (Fsp3) is 0.250. The van der Waals surface area contributed by atoms with E-state index in [1.165, 1.54) is 21.6 Å². The van der Waals surface area contributed by atoms with Crippen molar-refractivity contribution < 1.29 is 4.79 Å². The van der Waals surface area contributed by atoms with E-state index in [2.05, 4.69) is 49.8 Å². The topological polar surface area (TPSA) is 61.4 Å². The molecular formula is C28H24ClN5OS2. The molecule has 1 amide bonds. The lowest BCUT2D eigenvalue weighted by molar-refractivity contribution is -0.116. The molecule has 3 aromatic carbocycles. The van der Waals surface area contributed by atoms with E-state index in [1.54, 1.807) is 11.5 Å². The van der Waals surface area contributed by atoms with Gasteiger partial charge in [0.25, 0.3) is 0 Å². The van der Waals surface area contributed by atoms with E-state index in [1.807, 2.05) is 30.3 Å². The fourth-order valence-electron chi connectivity index (χ4n) is 5.47. The maximum Gasteiger partial charge on any atom is 0.238 e. The van der Waals surface area contributed by atoms with E-state index in [9.17, 15) is 4.79 Å². The third-order valence-electron chi connectivity index (χ3n) is 7.46. The third-order valence-corrected chi connectivity index (χ3v) is 9.47. The van der Waals surface area contributed by atoms with Crippen molar-refractivity contribution in [3.63, 3.8) is 0 Å². The van der Waals surface area contributed by atoms with Gasteiger partial charge in [0.05, 0.1) is 15.1 Å². The average molecular weight is 546 g/mol. The summed E-state index contributed by atoms with van der Waals surface area (Å²) >= 11 is 9.71. The highest BCUT2D eigenvalue weighted by Gasteiger charge is 2.35. The Labute approximate surface area is 227 Å². The number of aromatic nitrogens is 2. The van der Waals surface area contributed by atoms with Crippen LogP contribution < -0.4 is 10.2 Å². The molecule has 186 valence electrons. The zero-order valence-electron chi connectivity index (χ0n) is 20.0. The lowest BCUT2D eigenvalue weighted by Gasteiger charge is -2.35. The molecule has 1 fully saturated rings. The van der Waals surface area contributed by atoms with Crippen LogP contribution in [-0.2, 0) is 11.2 Å². The maximum atomic E-state index is 13.0. The molecule has 0 aliphatic carbocycles. The zero-order chi connectivity index (χ0) is 24.9. The Hall–Kier alpha value is -3.04. The number of amides is 1. The molecule has 1 atom stereocenters. The highest BCUT2D eigenvalue weighted by atomic mass is 35.5. The van der Waals surface area contributed by atoms with Crippen molar-refractivity contribution in [3.05, 3.63) is 82.5 Å². The molecular weight excluding hydrogens is 522 g/mol. The van der Waals surface area contributed by atoms with Gasteiger partial charge < -0.3 is 10.2 Å². The molecule has 1 N–H and O–H groups in total. The summed E-state index contributed by atoms with van der Waals surface area (Å²) in [5, 5.41) is 6.02. The molecule has 6 nitrogen and oxygen atoms in total. The normalized spacial score (nSPS) is 18.0. The quantitative estimate of drug-likeness (QED) is 0.293. The van der Waals surface area contributed by atoms with Gasteiger partial charge >= 0.3 is 0 Å². The Kier molecular flexibility index (Phi) is 5.85. The van der Waals surface area contributed by atoms with Gasteiger partial charge in [0.2, 0.25) is 5.91 Å². The molecule has 2 aromatic heterocycles. The van der Waals surface area contributed by atoms with Crippen LogP contribution in [0.2, 0.25) is 5.02 Å². The van der Waals surface area contributed by atoms with Crippen molar-refractivity contribution in [2.45, 2.75) is 12.3 Å². The van der Waals surface area contributed by atoms with Gasteiger partial charge in [-0.1, -0.05) is 48.0 Å². The van der Waals surface area contributed by atoms with E-state index < -0.39 is 5.92 Å². The van der Waals surface area contributed by atoms with E-state index in [0.717, 1.165) is 77.6 Å². The van der Waals surface area contributed by atoms with Crippen molar-refractivity contribution in [3.8, 4) is 0 Å².